The van der Waals surface area contributed by atoms with Crippen LogP contribution in [0.15, 0.2) is 18.3 Å². The molecule has 0 bridgehead atoms. The lowest BCUT2D eigenvalue weighted by Crippen LogP contribution is -2.22. The summed E-state index contributed by atoms with van der Waals surface area (Å²) in [7, 11) is 0. The molecule has 0 atom stereocenters. The van der Waals surface area contributed by atoms with Crippen LogP contribution >= 0.6 is 11.6 Å². The zero-order valence-corrected chi connectivity index (χ0v) is 9.49. The molecule has 2 heterocycles. The predicted molar refractivity (Wildman–Crippen MR) is 60.0 cm³/mol. The van der Waals surface area contributed by atoms with Crippen molar-refractivity contribution in [2.24, 2.45) is 0 Å². The first-order valence-corrected chi connectivity index (χ1v) is 5.27. The molecule has 0 fully saturated rings. The summed E-state index contributed by atoms with van der Waals surface area (Å²) in [6.45, 7) is 4.86. The Morgan fingerprint density at radius 1 is 1.47 bits per heavy atom. The van der Waals surface area contributed by atoms with E-state index < -0.39 is 0 Å². The SMILES string of the molecule is CC(C)NCc1nc2ccc(Cl)cn2n1. The van der Waals surface area contributed by atoms with E-state index in [1.807, 2.05) is 12.1 Å². The highest BCUT2D eigenvalue weighted by atomic mass is 35.5. The van der Waals surface area contributed by atoms with E-state index in [0.29, 0.717) is 17.6 Å². The Morgan fingerprint density at radius 3 is 3.00 bits per heavy atom. The molecule has 2 aromatic heterocycles. The van der Waals surface area contributed by atoms with Gasteiger partial charge >= 0.3 is 0 Å². The molecule has 0 amide bonds. The normalized spacial score (nSPS) is 11.5. The molecule has 0 aliphatic rings. The summed E-state index contributed by atoms with van der Waals surface area (Å²) < 4.78 is 1.69. The Hall–Kier alpha value is -1.13. The van der Waals surface area contributed by atoms with Crippen molar-refractivity contribution in [3.05, 3.63) is 29.2 Å². The Kier molecular flexibility index (Phi) is 2.88. The quantitative estimate of drug-likeness (QED) is 0.866. The zero-order valence-electron chi connectivity index (χ0n) is 8.74. The fraction of sp³-hybridized carbons (Fsp3) is 0.400. The van der Waals surface area contributed by atoms with Crippen LogP contribution in [-0.4, -0.2) is 20.6 Å². The van der Waals surface area contributed by atoms with E-state index in [2.05, 4.69) is 29.2 Å². The molecule has 0 aliphatic heterocycles. The second-order valence-electron chi connectivity index (χ2n) is 3.71. The van der Waals surface area contributed by atoms with Crippen LogP contribution in [0.3, 0.4) is 0 Å². The topological polar surface area (TPSA) is 42.2 Å². The number of nitrogens with one attached hydrogen (secondary N) is 1. The molecule has 2 aromatic rings. The number of hydrogen-bond acceptors (Lipinski definition) is 3. The number of rotatable bonds is 3. The van der Waals surface area contributed by atoms with Gasteiger partial charge in [-0.05, 0) is 12.1 Å². The van der Waals surface area contributed by atoms with Crippen molar-refractivity contribution in [2.75, 3.05) is 0 Å². The largest absolute Gasteiger partial charge is 0.308 e. The summed E-state index contributed by atoms with van der Waals surface area (Å²) in [5.41, 5.74) is 0.819. The Morgan fingerprint density at radius 2 is 2.27 bits per heavy atom. The summed E-state index contributed by atoms with van der Waals surface area (Å²) in [6.07, 6.45) is 1.75. The molecule has 5 heteroatoms. The number of halogens is 1. The molecule has 0 unspecified atom stereocenters. The molecule has 0 spiro atoms. The van der Waals surface area contributed by atoms with Gasteiger partial charge in [-0.15, -0.1) is 5.10 Å². The third-order valence-electron chi connectivity index (χ3n) is 2.01. The monoisotopic (exact) mass is 224 g/mol. The van der Waals surface area contributed by atoms with Crippen LogP contribution in [0.2, 0.25) is 5.02 Å². The van der Waals surface area contributed by atoms with Gasteiger partial charge in [-0.2, -0.15) is 0 Å². The fourth-order valence-corrected chi connectivity index (χ4v) is 1.43. The van der Waals surface area contributed by atoms with Crippen LogP contribution in [0, 0.1) is 0 Å². The minimum Gasteiger partial charge on any atom is -0.308 e. The molecule has 2 rings (SSSR count). The second-order valence-corrected chi connectivity index (χ2v) is 4.15. The maximum atomic E-state index is 5.85. The first kappa shape index (κ1) is 10.4. The average molecular weight is 225 g/mol. The number of pyridine rings is 1. The van der Waals surface area contributed by atoms with Gasteiger partial charge < -0.3 is 5.32 Å². The van der Waals surface area contributed by atoms with Crippen molar-refractivity contribution < 1.29 is 0 Å². The molecule has 0 aromatic carbocycles. The van der Waals surface area contributed by atoms with Crippen molar-refractivity contribution in [3.8, 4) is 0 Å². The molecule has 0 saturated heterocycles. The van der Waals surface area contributed by atoms with E-state index in [-0.39, 0.29) is 0 Å². The first-order valence-electron chi connectivity index (χ1n) is 4.89. The highest BCUT2D eigenvalue weighted by molar-refractivity contribution is 6.30. The van der Waals surface area contributed by atoms with Crippen molar-refractivity contribution >= 4 is 17.2 Å². The van der Waals surface area contributed by atoms with E-state index in [9.17, 15) is 0 Å². The lowest BCUT2D eigenvalue weighted by Gasteiger charge is -2.03. The molecular formula is C10H13ClN4. The van der Waals surface area contributed by atoms with Gasteiger partial charge in [0.2, 0.25) is 0 Å². The van der Waals surface area contributed by atoms with E-state index in [1.54, 1.807) is 10.7 Å². The van der Waals surface area contributed by atoms with Gasteiger partial charge in [0.15, 0.2) is 11.5 Å². The van der Waals surface area contributed by atoms with Crippen LogP contribution in [0.1, 0.15) is 19.7 Å². The second kappa shape index (κ2) is 4.16. The highest BCUT2D eigenvalue weighted by Gasteiger charge is 2.03. The van der Waals surface area contributed by atoms with E-state index in [1.165, 1.54) is 0 Å². The van der Waals surface area contributed by atoms with Crippen LogP contribution in [0.4, 0.5) is 0 Å². The molecule has 80 valence electrons. The summed E-state index contributed by atoms with van der Waals surface area (Å²) in [5.74, 6) is 0.783. The third-order valence-corrected chi connectivity index (χ3v) is 2.23. The molecule has 15 heavy (non-hydrogen) atoms. The maximum absolute atomic E-state index is 5.85. The van der Waals surface area contributed by atoms with Crippen molar-refractivity contribution in [3.63, 3.8) is 0 Å². The van der Waals surface area contributed by atoms with Gasteiger partial charge in [0.05, 0.1) is 11.6 Å². The lowest BCUT2D eigenvalue weighted by molar-refractivity contribution is 0.572. The van der Waals surface area contributed by atoms with Crippen LogP contribution in [0.5, 0.6) is 0 Å². The molecule has 4 nitrogen and oxygen atoms in total. The number of aromatic nitrogens is 3. The zero-order chi connectivity index (χ0) is 10.8. The Labute approximate surface area is 93.3 Å². The summed E-state index contributed by atoms with van der Waals surface area (Å²) in [6, 6.07) is 4.10. The summed E-state index contributed by atoms with van der Waals surface area (Å²) in [5, 5.41) is 8.23. The van der Waals surface area contributed by atoms with Crippen LogP contribution in [-0.2, 0) is 6.54 Å². The smallest absolute Gasteiger partial charge is 0.165 e. The summed E-state index contributed by atoms with van der Waals surface area (Å²) >= 11 is 5.85. The van der Waals surface area contributed by atoms with Gasteiger partial charge in [0.25, 0.3) is 0 Å². The van der Waals surface area contributed by atoms with E-state index in [0.717, 1.165) is 11.5 Å². The third kappa shape index (κ3) is 2.46. The summed E-state index contributed by atoms with van der Waals surface area (Å²) in [4.78, 5) is 4.36. The van der Waals surface area contributed by atoms with Crippen molar-refractivity contribution in [1.82, 2.24) is 19.9 Å². The number of nitrogens with zero attached hydrogens (tertiary/aromatic N) is 3. The van der Waals surface area contributed by atoms with Crippen molar-refractivity contribution in [1.29, 1.82) is 0 Å². The fourth-order valence-electron chi connectivity index (χ4n) is 1.27. The predicted octanol–water partition coefficient (Wildman–Crippen LogP) is 1.88. The highest BCUT2D eigenvalue weighted by Crippen LogP contribution is 2.09. The van der Waals surface area contributed by atoms with Crippen LogP contribution in [0.25, 0.3) is 5.65 Å². The van der Waals surface area contributed by atoms with Gasteiger partial charge in [-0.3, -0.25) is 0 Å². The van der Waals surface area contributed by atoms with Gasteiger partial charge in [0.1, 0.15) is 0 Å². The molecule has 0 radical (unpaired) electrons. The van der Waals surface area contributed by atoms with E-state index >= 15 is 0 Å². The average Bonchev–Trinajstić information content (AvgIpc) is 2.56. The molecule has 0 aliphatic carbocycles. The lowest BCUT2D eigenvalue weighted by atomic mass is 10.4. The Bertz CT molecular complexity index is 463. The molecule has 0 saturated carbocycles. The first-order chi connectivity index (χ1) is 7.15. The van der Waals surface area contributed by atoms with Crippen LogP contribution < -0.4 is 5.32 Å². The van der Waals surface area contributed by atoms with Gasteiger partial charge in [-0.25, -0.2) is 9.50 Å². The Balaban J connectivity index is 2.23. The minimum absolute atomic E-state index is 0.431. The van der Waals surface area contributed by atoms with E-state index in [4.69, 9.17) is 11.6 Å². The number of fused-ring (bicyclic) bond motifs is 1. The maximum Gasteiger partial charge on any atom is 0.165 e. The number of hydrogen-bond donors (Lipinski definition) is 1. The standard InChI is InChI=1S/C10H13ClN4/c1-7(2)12-5-9-13-10-4-3-8(11)6-15(10)14-9/h3-4,6-7,12H,5H2,1-2H3. The molecule has 1 N–H and O–H groups in total. The van der Waals surface area contributed by atoms with Crippen molar-refractivity contribution in [2.45, 2.75) is 26.4 Å². The van der Waals surface area contributed by atoms with Gasteiger partial charge in [0, 0.05) is 12.2 Å². The van der Waals surface area contributed by atoms with Gasteiger partial charge in [-0.1, -0.05) is 25.4 Å². The minimum atomic E-state index is 0.431. The molecular weight excluding hydrogens is 212 g/mol.